The number of hydrogen-bond acceptors (Lipinski definition) is 5. The highest BCUT2D eigenvalue weighted by Gasteiger charge is 2.09. The molecule has 0 aliphatic carbocycles. The molecular formula is C15H31NO4. The third-order valence-corrected chi connectivity index (χ3v) is 3.31. The van der Waals surface area contributed by atoms with Gasteiger partial charge in [-0.2, -0.15) is 0 Å². The topological polar surface area (TPSA) is 48.0 Å². The summed E-state index contributed by atoms with van der Waals surface area (Å²) < 4.78 is 16.1. The first-order chi connectivity index (χ1) is 9.61. The molecule has 5 nitrogen and oxygen atoms in total. The summed E-state index contributed by atoms with van der Waals surface area (Å²) >= 11 is 0. The first-order valence-corrected chi connectivity index (χ1v) is 7.56. The van der Waals surface area contributed by atoms with Crippen molar-refractivity contribution in [2.24, 2.45) is 5.92 Å². The van der Waals surface area contributed by atoms with Gasteiger partial charge >= 0.3 is 0 Å². The van der Waals surface area contributed by atoms with Crippen LogP contribution in [0.25, 0.3) is 0 Å². The number of carbonyl (C=O) groups excluding carboxylic acids is 1. The van der Waals surface area contributed by atoms with E-state index in [-0.39, 0.29) is 18.3 Å². The highest BCUT2D eigenvalue weighted by molar-refractivity contribution is 5.81. The zero-order valence-electron chi connectivity index (χ0n) is 13.5. The minimum Gasteiger partial charge on any atom is -0.378 e. The average Bonchev–Trinajstić information content (AvgIpc) is 2.47. The fourth-order valence-corrected chi connectivity index (χ4v) is 1.36. The van der Waals surface area contributed by atoms with Crippen molar-refractivity contribution in [3.8, 4) is 0 Å². The number of ether oxygens (including phenoxy) is 3. The molecular weight excluding hydrogens is 258 g/mol. The van der Waals surface area contributed by atoms with Gasteiger partial charge in [0.2, 0.25) is 0 Å². The maximum Gasteiger partial charge on any atom is 0.161 e. The lowest BCUT2D eigenvalue weighted by Gasteiger charge is -2.13. The Morgan fingerprint density at radius 3 is 2.10 bits per heavy atom. The van der Waals surface area contributed by atoms with Crippen LogP contribution in [-0.4, -0.2) is 70.5 Å². The zero-order chi connectivity index (χ0) is 15.2. The molecule has 0 aliphatic rings. The lowest BCUT2D eigenvalue weighted by molar-refractivity contribution is -0.127. The quantitative estimate of drug-likeness (QED) is 0.455. The van der Waals surface area contributed by atoms with Crippen LogP contribution >= 0.6 is 0 Å². The van der Waals surface area contributed by atoms with Crippen molar-refractivity contribution in [3.05, 3.63) is 0 Å². The number of ketones is 1. The van der Waals surface area contributed by atoms with Crippen molar-refractivity contribution in [1.82, 2.24) is 4.90 Å². The Morgan fingerprint density at radius 2 is 1.55 bits per heavy atom. The van der Waals surface area contributed by atoms with E-state index in [9.17, 15) is 4.79 Å². The van der Waals surface area contributed by atoms with Gasteiger partial charge in [-0.05, 0) is 20.0 Å². The first-order valence-electron chi connectivity index (χ1n) is 7.56. The van der Waals surface area contributed by atoms with Gasteiger partial charge in [-0.15, -0.1) is 0 Å². The third kappa shape index (κ3) is 11.3. The van der Waals surface area contributed by atoms with Crippen molar-refractivity contribution in [2.75, 3.05) is 59.8 Å². The van der Waals surface area contributed by atoms with Gasteiger partial charge in [-0.3, -0.25) is 4.79 Å². The molecule has 20 heavy (non-hydrogen) atoms. The number of carbonyl (C=O) groups is 1. The SMILES string of the molecule is CCC(C)C(=O)COCCOCCOCCN(C)CC. The molecule has 0 rings (SSSR count). The van der Waals surface area contributed by atoms with Crippen LogP contribution in [0.5, 0.6) is 0 Å². The highest BCUT2D eigenvalue weighted by Crippen LogP contribution is 2.01. The molecule has 0 radical (unpaired) electrons. The minimum absolute atomic E-state index is 0.0885. The van der Waals surface area contributed by atoms with Crippen LogP contribution in [0.15, 0.2) is 0 Å². The molecule has 0 heterocycles. The minimum atomic E-state index is 0.0885. The summed E-state index contributed by atoms with van der Waals surface area (Å²) in [7, 11) is 2.07. The molecule has 1 atom stereocenters. The molecule has 0 fully saturated rings. The Morgan fingerprint density at radius 1 is 1.00 bits per heavy atom. The summed E-state index contributed by atoms with van der Waals surface area (Å²) in [4.78, 5) is 13.7. The number of nitrogens with zero attached hydrogens (tertiary/aromatic N) is 1. The second-order valence-electron chi connectivity index (χ2n) is 4.95. The van der Waals surface area contributed by atoms with Gasteiger partial charge < -0.3 is 19.1 Å². The molecule has 0 aromatic heterocycles. The fraction of sp³-hybridized carbons (Fsp3) is 0.933. The fourth-order valence-electron chi connectivity index (χ4n) is 1.36. The lowest BCUT2D eigenvalue weighted by Crippen LogP contribution is -2.23. The predicted octanol–water partition coefficient (Wildman–Crippen LogP) is 1.60. The van der Waals surface area contributed by atoms with Crippen molar-refractivity contribution in [3.63, 3.8) is 0 Å². The highest BCUT2D eigenvalue weighted by atomic mass is 16.5. The van der Waals surface area contributed by atoms with Crippen LogP contribution in [0.4, 0.5) is 0 Å². The molecule has 120 valence electrons. The van der Waals surface area contributed by atoms with Gasteiger partial charge in [-0.25, -0.2) is 0 Å². The first kappa shape index (κ1) is 19.5. The second-order valence-corrected chi connectivity index (χ2v) is 4.95. The van der Waals surface area contributed by atoms with E-state index < -0.39 is 0 Å². The largest absolute Gasteiger partial charge is 0.378 e. The smallest absolute Gasteiger partial charge is 0.161 e. The van der Waals surface area contributed by atoms with Gasteiger partial charge in [0.1, 0.15) is 6.61 Å². The van der Waals surface area contributed by atoms with Crippen molar-refractivity contribution in [2.45, 2.75) is 27.2 Å². The summed E-state index contributed by atoms with van der Waals surface area (Å²) in [6.45, 7) is 11.1. The van der Waals surface area contributed by atoms with Crippen molar-refractivity contribution >= 4 is 5.78 Å². The normalized spacial score (nSPS) is 12.8. The molecule has 0 spiro atoms. The van der Waals surface area contributed by atoms with Crippen LogP contribution in [-0.2, 0) is 19.0 Å². The zero-order valence-corrected chi connectivity index (χ0v) is 13.5. The van der Waals surface area contributed by atoms with Gasteiger partial charge in [0.25, 0.3) is 0 Å². The van der Waals surface area contributed by atoms with E-state index >= 15 is 0 Å². The Hall–Kier alpha value is -0.490. The summed E-state index contributed by atoms with van der Waals surface area (Å²) in [5.74, 6) is 0.251. The second kappa shape index (κ2) is 13.5. The molecule has 0 bridgehead atoms. The average molecular weight is 289 g/mol. The standard InChI is InChI=1S/C15H31NO4/c1-5-14(3)15(17)13-20-12-11-19-10-9-18-8-7-16(4)6-2/h14H,5-13H2,1-4H3. The predicted molar refractivity (Wildman–Crippen MR) is 80.1 cm³/mol. The molecule has 0 saturated carbocycles. The molecule has 0 saturated heterocycles. The molecule has 1 unspecified atom stereocenters. The van der Waals surface area contributed by atoms with E-state index in [2.05, 4.69) is 18.9 Å². The van der Waals surface area contributed by atoms with Crippen LogP contribution < -0.4 is 0 Å². The van der Waals surface area contributed by atoms with E-state index in [1.165, 1.54) is 0 Å². The summed E-state index contributed by atoms with van der Waals surface area (Å²) in [5.41, 5.74) is 0. The number of rotatable bonds is 14. The van der Waals surface area contributed by atoms with E-state index in [1.54, 1.807) is 0 Å². The van der Waals surface area contributed by atoms with Crippen molar-refractivity contribution < 1.29 is 19.0 Å². The lowest BCUT2D eigenvalue weighted by atomic mass is 10.1. The summed E-state index contributed by atoms with van der Waals surface area (Å²) in [6, 6.07) is 0. The molecule has 0 N–H and O–H groups in total. The monoisotopic (exact) mass is 289 g/mol. The van der Waals surface area contributed by atoms with E-state index in [0.29, 0.717) is 26.4 Å². The Labute approximate surface area is 123 Å². The van der Waals surface area contributed by atoms with Gasteiger partial charge in [-0.1, -0.05) is 20.8 Å². The van der Waals surface area contributed by atoms with Crippen LogP contribution in [0, 0.1) is 5.92 Å². The molecule has 5 heteroatoms. The van der Waals surface area contributed by atoms with Gasteiger partial charge in [0.15, 0.2) is 5.78 Å². The molecule has 0 amide bonds. The van der Waals surface area contributed by atoms with Crippen LogP contribution in [0.1, 0.15) is 27.2 Å². The summed E-state index contributed by atoms with van der Waals surface area (Å²) in [6.07, 6.45) is 0.864. The number of likely N-dealkylation sites (N-methyl/N-ethyl adjacent to an activating group) is 1. The van der Waals surface area contributed by atoms with E-state index in [0.717, 1.165) is 26.1 Å². The molecule has 0 aliphatic heterocycles. The van der Waals surface area contributed by atoms with Gasteiger partial charge in [0, 0.05) is 12.5 Å². The third-order valence-electron chi connectivity index (χ3n) is 3.31. The number of hydrogen-bond donors (Lipinski definition) is 0. The molecule has 0 aromatic rings. The maximum absolute atomic E-state index is 11.5. The Bertz CT molecular complexity index is 236. The van der Waals surface area contributed by atoms with Crippen LogP contribution in [0.2, 0.25) is 0 Å². The van der Waals surface area contributed by atoms with Crippen molar-refractivity contribution in [1.29, 1.82) is 0 Å². The number of Topliss-reactive ketones (excluding diaryl/α,β-unsaturated/α-hetero) is 1. The Kier molecular flexibility index (Phi) is 13.2. The van der Waals surface area contributed by atoms with Crippen LogP contribution in [0.3, 0.4) is 0 Å². The maximum atomic E-state index is 11.5. The van der Waals surface area contributed by atoms with E-state index in [1.807, 2.05) is 13.8 Å². The summed E-state index contributed by atoms with van der Waals surface area (Å²) in [5, 5.41) is 0. The van der Waals surface area contributed by atoms with E-state index in [4.69, 9.17) is 14.2 Å². The Balaban J connectivity index is 3.19. The van der Waals surface area contributed by atoms with Gasteiger partial charge in [0.05, 0.1) is 33.0 Å². The molecule has 0 aromatic carbocycles.